The summed E-state index contributed by atoms with van der Waals surface area (Å²) in [6, 6.07) is 0.373. The summed E-state index contributed by atoms with van der Waals surface area (Å²) in [5.41, 5.74) is 6.43. The number of alkyl halides is 1. The highest BCUT2D eigenvalue weighted by molar-refractivity contribution is 9.09. The number of hydrogen-bond donors (Lipinski definition) is 1. The molecule has 1 aliphatic carbocycles. The Labute approximate surface area is 119 Å². The lowest BCUT2D eigenvalue weighted by molar-refractivity contribution is -0.132. The van der Waals surface area contributed by atoms with Crippen molar-refractivity contribution < 1.29 is 4.79 Å². The first-order chi connectivity index (χ1) is 8.25. The van der Waals surface area contributed by atoms with Gasteiger partial charge in [-0.3, -0.25) is 4.79 Å². The number of carbonyl (C=O) groups is 1. The summed E-state index contributed by atoms with van der Waals surface area (Å²) >= 11 is 3.57. The zero-order valence-electron chi connectivity index (χ0n) is 11.7. The SMILES string of the molecule is CC1(C)CC(N2CC(Br)CC2=O)CC(C)(CN)C1. The van der Waals surface area contributed by atoms with Gasteiger partial charge in [0, 0.05) is 23.8 Å². The summed E-state index contributed by atoms with van der Waals surface area (Å²) in [7, 11) is 0. The minimum Gasteiger partial charge on any atom is -0.339 e. The maximum Gasteiger partial charge on any atom is 0.224 e. The topological polar surface area (TPSA) is 46.3 Å². The van der Waals surface area contributed by atoms with Crippen LogP contribution in [-0.4, -0.2) is 34.8 Å². The summed E-state index contributed by atoms with van der Waals surface area (Å²) in [6.07, 6.45) is 3.97. The highest BCUT2D eigenvalue weighted by Gasteiger charge is 2.45. The number of nitrogens with two attached hydrogens (primary N) is 1. The maximum absolute atomic E-state index is 12.1. The Morgan fingerprint density at radius 2 is 2.06 bits per heavy atom. The molecule has 1 saturated carbocycles. The molecule has 0 aromatic rings. The van der Waals surface area contributed by atoms with E-state index in [1.54, 1.807) is 0 Å². The van der Waals surface area contributed by atoms with Gasteiger partial charge in [0.25, 0.3) is 0 Å². The van der Waals surface area contributed by atoms with E-state index >= 15 is 0 Å². The molecule has 0 radical (unpaired) electrons. The van der Waals surface area contributed by atoms with Crippen molar-refractivity contribution in [2.24, 2.45) is 16.6 Å². The number of carbonyl (C=O) groups excluding carboxylic acids is 1. The Morgan fingerprint density at radius 3 is 2.56 bits per heavy atom. The van der Waals surface area contributed by atoms with Gasteiger partial charge in [-0.05, 0) is 36.6 Å². The van der Waals surface area contributed by atoms with Crippen molar-refractivity contribution in [3.05, 3.63) is 0 Å². The number of nitrogens with zero attached hydrogens (tertiary/aromatic N) is 1. The number of likely N-dealkylation sites (tertiary alicyclic amines) is 1. The zero-order chi connectivity index (χ0) is 13.6. The van der Waals surface area contributed by atoms with Crippen LogP contribution >= 0.6 is 15.9 Å². The Morgan fingerprint density at radius 1 is 1.39 bits per heavy atom. The van der Waals surface area contributed by atoms with Gasteiger partial charge >= 0.3 is 0 Å². The first-order valence-electron chi connectivity index (χ1n) is 6.88. The van der Waals surface area contributed by atoms with E-state index < -0.39 is 0 Å². The molecule has 3 unspecified atom stereocenters. The molecule has 0 spiro atoms. The Balaban J connectivity index is 2.15. The van der Waals surface area contributed by atoms with Crippen molar-refractivity contribution >= 4 is 21.8 Å². The van der Waals surface area contributed by atoms with E-state index in [9.17, 15) is 4.79 Å². The van der Waals surface area contributed by atoms with E-state index in [2.05, 4.69) is 41.6 Å². The van der Waals surface area contributed by atoms with E-state index in [-0.39, 0.29) is 10.8 Å². The molecule has 4 heteroatoms. The molecule has 2 fully saturated rings. The minimum atomic E-state index is 0.178. The molecule has 1 aliphatic heterocycles. The van der Waals surface area contributed by atoms with E-state index in [4.69, 9.17) is 5.73 Å². The average Bonchev–Trinajstić information content (AvgIpc) is 2.55. The lowest BCUT2D eigenvalue weighted by Gasteiger charge is -2.48. The average molecular weight is 317 g/mol. The van der Waals surface area contributed by atoms with Gasteiger partial charge < -0.3 is 10.6 Å². The summed E-state index contributed by atoms with van der Waals surface area (Å²) in [5.74, 6) is 0.305. The smallest absolute Gasteiger partial charge is 0.224 e. The number of amides is 1. The largest absolute Gasteiger partial charge is 0.339 e. The van der Waals surface area contributed by atoms with Crippen molar-refractivity contribution in [1.82, 2.24) is 4.90 Å². The number of rotatable bonds is 2. The highest BCUT2D eigenvalue weighted by Crippen LogP contribution is 2.47. The van der Waals surface area contributed by atoms with E-state index in [0.29, 0.717) is 29.7 Å². The second-order valence-electron chi connectivity index (χ2n) is 7.27. The summed E-state index contributed by atoms with van der Waals surface area (Å²) < 4.78 is 0. The number of hydrogen-bond acceptors (Lipinski definition) is 2. The molecule has 3 nitrogen and oxygen atoms in total. The molecule has 1 saturated heterocycles. The lowest BCUT2D eigenvalue weighted by atomic mass is 9.62. The van der Waals surface area contributed by atoms with Gasteiger partial charge in [0.05, 0.1) is 0 Å². The van der Waals surface area contributed by atoms with Gasteiger partial charge in [-0.2, -0.15) is 0 Å². The highest BCUT2D eigenvalue weighted by atomic mass is 79.9. The Bertz CT molecular complexity index is 345. The Hall–Kier alpha value is -0.0900. The second-order valence-corrected chi connectivity index (χ2v) is 8.56. The van der Waals surface area contributed by atoms with Crippen LogP contribution in [0.1, 0.15) is 46.5 Å². The summed E-state index contributed by atoms with van der Waals surface area (Å²) in [5, 5.41) is 0. The molecular formula is C14H25BrN2O. The molecule has 3 atom stereocenters. The third kappa shape index (κ3) is 2.90. The van der Waals surface area contributed by atoms with Crippen LogP contribution < -0.4 is 5.73 Å². The van der Waals surface area contributed by atoms with Gasteiger partial charge in [0.15, 0.2) is 0 Å². The van der Waals surface area contributed by atoms with Gasteiger partial charge in [-0.1, -0.05) is 36.7 Å². The third-order valence-corrected chi connectivity index (χ3v) is 5.08. The molecule has 0 bridgehead atoms. The molecule has 1 heterocycles. The zero-order valence-corrected chi connectivity index (χ0v) is 13.3. The molecule has 18 heavy (non-hydrogen) atoms. The van der Waals surface area contributed by atoms with E-state index in [1.807, 2.05) is 0 Å². The maximum atomic E-state index is 12.1. The van der Waals surface area contributed by atoms with Gasteiger partial charge in [0.1, 0.15) is 0 Å². The lowest BCUT2D eigenvalue weighted by Crippen LogP contribution is -2.49. The van der Waals surface area contributed by atoms with Crippen molar-refractivity contribution in [3.63, 3.8) is 0 Å². The summed E-state index contributed by atoms with van der Waals surface area (Å²) in [4.78, 5) is 14.5. The third-order valence-electron chi connectivity index (χ3n) is 4.47. The molecule has 104 valence electrons. The standard InChI is InChI=1S/C14H25BrN2O/c1-13(2)5-11(6-14(3,8-13)9-16)17-7-10(15)4-12(17)18/h10-11H,4-9,16H2,1-3H3. The normalized spacial score (nSPS) is 40.3. The van der Waals surface area contributed by atoms with Crippen LogP contribution in [0.3, 0.4) is 0 Å². The van der Waals surface area contributed by atoms with Crippen LogP contribution in [0.5, 0.6) is 0 Å². The van der Waals surface area contributed by atoms with Gasteiger partial charge in [0.2, 0.25) is 5.91 Å². The molecule has 2 aliphatic rings. The fourth-order valence-corrected chi connectivity index (χ4v) is 4.58. The van der Waals surface area contributed by atoms with Crippen molar-refractivity contribution in [2.45, 2.75) is 57.3 Å². The van der Waals surface area contributed by atoms with Crippen LogP contribution in [0.15, 0.2) is 0 Å². The molecule has 2 rings (SSSR count). The van der Waals surface area contributed by atoms with Crippen LogP contribution in [-0.2, 0) is 4.79 Å². The predicted molar refractivity (Wildman–Crippen MR) is 77.6 cm³/mol. The molecule has 0 aromatic carbocycles. The van der Waals surface area contributed by atoms with Crippen LogP contribution in [0, 0.1) is 10.8 Å². The molecule has 1 amide bonds. The van der Waals surface area contributed by atoms with Crippen LogP contribution in [0.2, 0.25) is 0 Å². The second kappa shape index (κ2) is 4.78. The predicted octanol–water partition coefficient (Wildman–Crippen LogP) is 2.53. The molecule has 0 aromatic heterocycles. The fraction of sp³-hybridized carbons (Fsp3) is 0.929. The first-order valence-corrected chi connectivity index (χ1v) is 7.80. The van der Waals surface area contributed by atoms with Crippen molar-refractivity contribution in [3.8, 4) is 0 Å². The Kier molecular flexibility index (Phi) is 3.81. The van der Waals surface area contributed by atoms with Crippen LogP contribution in [0.25, 0.3) is 0 Å². The van der Waals surface area contributed by atoms with E-state index in [0.717, 1.165) is 25.8 Å². The monoisotopic (exact) mass is 316 g/mol. The van der Waals surface area contributed by atoms with Crippen LogP contribution in [0.4, 0.5) is 0 Å². The number of halogens is 1. The molecule has 2 N–H and O–H groups in total. The van der Waals surface area contributed by atoms with Gasteiger partial charge in [-0.25, -0.2) is 0 Å². The minimum absolute atomic E-state index is 0.178. The quantitative estimate of drug-likeness (QED) is 0.796. The van der Waals surface area contributed by atoms with Gasteiger partial charge in [-0.15, -0.1) is 0 Å². The van der Waals surface area contributed by atoms with Crippen molar-refractivity contribution in [2.75, 3.05) is 13.1 Å². The summed E-state index contributed by atoms with van der Waals surface area (Å²) in [6.45, 7) is 8.46. The van der Waals surface area contributed by atoms with E-state index in [1.165, 1.54) is 0 Å². The molecular weight excluding hydrogens is 292 g/mol. The van der Waals surface area contributed by atoms with Crippen molar-refractivity contribution in [1.29, 1.82) is 0 Å². The first kappa shape index (κ1) is 14.3. The fourth-order valence-electron chi connectivity index (χ4n) is 3.99.